The highest BCUT2D eigenvalue weighted by molar-refractivity contribution is 5.71. The average Bonchev–Trinajstić information content (AvgIpc) is 3.46. The van der Waals surface area contributed by atoms with Gasteiger partial charge in [0, 0.05) is 12.8 Å². The third kappa shape index (κ3) is 64.3. The zero-order valence-corrected chi connectivity index (χ0v) is 53.3. The number of nitrogens with zero attached hydrogens (tertiary/aromatic N) is 1. The van der Waals surface area contributed by atoms with Crippen molar-refractivity contribution in [3.63, 3.8) is 0 Å². The van der Waals surface area contributed by atoms with Gasteiger partial charge in [0.15, 0.2) is 6.10 Å². The summed E-state index contributed by atoms with van der Waals surface area (Å²) in [4.78, 5) is 37.5. The summed E-state index contributed by atoms with van der Waals surface area (Å²) >= 11 is 0. The van der Waals surface area contributed by atoms with Crippen molar-refractivity contribution >= 4 is 17.9 Å². The minimum Gasteiger partial charge on any atom is -0.477 e. The number of rotatable bonds is 58. The molecule has 0 aliphatic rings. The lowest BCUT2D eigenvalue weighted by molar-refractivity contribution is -0.870. The maximum atomic E-state index is 12.9. The molecular formula is C74H120NO8+. The molecule has 0 aromatic carbocycles. The van der Waals surface area contributed by atoms with Crippen LogP contribution in [0.25, 0.3) is 0 Å². The van der Waals surface area contributed by atoms with Crippen LogP contribution in [0.5, 0.6) is 0 Å². The molecule has 0 aromatic heterocycles. The molecule has 2 unspecified atom stereocenters. The van der Waals surface area contributed by atoms with Crippen molar-refractivity contribution in [3.8, 4) is 0 Å². The zero-order valence-electron chi connectivity index (χ0n) is 53.3. The number of allylic oxidation sites excluding steroid dienone is 26. The molecule has 0 aliphatic carbocycles. The number of ether oxygens (including phenoxy) is 4. The number of esters is 2. The summed E-state index contributed by atoms with van der Waals surface area (Å²) in [6.07, 6.45) is 90.5. The Balaban J connectivity index is 4.20. The van der Waals surface area contributed by atoms with Crippen LogP contribution in [0.15, 0.2) is 158 Å². The number of aliphatic carboxylic acids is 1. The molecule has 0 fully saturated rings. The highest BCUT2D eigenvalue weighted by Gasteiger charge is 2.25. The number of carboxylic acid groups (broad SMARTS) is 1. The highest BCUT2D eigenvalue weighted by Crippen LogP contribution is 2.15. The zero-order chi connectivity index (χ0) is 60.5. The van der Waals surface area contributed by atoms with E-state index in [4.69, 9.17) is 18.9 Å². The largest absolute Gasteiger partial charge is 0.477 e. The van der Waals surface area contributed by atoms with E-state index in [-0.39, 0.29) is 38.6 Å². The number of carbonyl (C=O) groups is 3. The van der Waals surface area contributed by atoms with E-state index in [0.717, 1.165) is 135 Å². The predicted molar refractivity (Wildman–Crippen MR) is 354 cm³/mol. The molecule has 468 valence electrons. The third-order valence-electron chi connectivity index (χ3n) is 13.3. The SMILES string of the molecule is CC/C=C\C/C=C\C/C=C\C/C=C\C/C=C\C/C=C\C/C=C\C/C=C\CCCCCCCCCCCCCCC(=O)OC(COC(=O)CCCCCCC/C=C\C/C=C\C/C=C\C/C=C\C/C=C\CC)COC(OCC[N+](C)(C)C)C(=O)O. The van der Waals surface area contributed by atoms with E-state index in [1.807, 2.05) is 21.1 Å². The van der Waals surface area contributed by atoms with E-state index in [0.29, 0.717) is 23.9 Å². The minimum absolute atomic E-state index is 0.176. The monoisotopic (exact) mass is 1150 g/mol. The summed E-state index contributed by atoms with van der Waals surface area (Å²) in [6.45, 7) is 4.61. The molecule has 0 radical (unpaired) electrons. The fourth-order valence-corrected chi connectivity index (χ4v) is 8.35. The Bertz CT molecular complexity index is 1920. The summed E-state index contributed by atoms with van der Waals surface area (Å²) in [5.41, 5.74) is 0. The number of likely N-dealkylation sites (N-methyl/N-ethyl adjacent to an activating group) is 1. The number of quaternary nitrogens is 1. The molecule has 0 spiro atoms. The minimum atomic E-state index is -1.53. The normalized spacial score (nSPS) is 13.8. The fraction of sp³-hybridized carbons (Fsp3) is 0.608. The van der Waals surface area contributed by atoms with Gasteiger partial charge >= 0.3 is 17.9 Å². The number of hydrogen-bond acceptors (Lipinski definition) is 7. The van der Waals surface area contributed by atoms with Gasteiger partial charge in [-0.15, -0.1) is 0 Å². The smallest absolute Gasteiger partial charge is 0.361 e. The molecule has 0 aliphatic heterocycles. The van der Waals surface area contributed by atoms with Crippen molar-refractivity contribution in [3.05, 3.63) is 158 Å². The lowest BCUT2D eigenvalue weighted by Gasteiger charge is -2.25. The number of unbranched alkanes of at least 4 members (excludes halogenated alkanes) is 17. The Morgan fingerprint density at radius 1 is 0.361 bits per heavy atom. The molecule has 0 saturated heterocycles. The van der Waals surface area contributed by atoms with Crippen LogP contribution in [0.2, 0.25) is 0 Å². The first-order valence-electron chi connectivity index (χ1n) is 32.6. The van der Waals surface area contributed by atoms with Crippen LogP contribution in [0, 0.1) is 0 Å². The first-order valence-corrected chi connectivity index (χ1v) is 32.6. The topological polar surface area (TPSA) is 108 Å². The Labute approximate surface area is 508 Å². The second-order valence-corrected chi connectivity index (χ2v) is 22.3. The Morgan fingerprint density at radius 2 is 0.651 bits per heavy atom. The molecule has 1 N–H and O–H groups in total. The summed E-state index contributed by atoms with van der Waals surface area (Å²) in [7, 11) is 5.95. The summed E-state index contributed by atoms with van der Waals surface area (Å²) in [5.74, 6) is -2.05. The van der Waals surface area contributed by atoms with Gasteiger partial charge in [0.1, 0.15) is 13.2 Å². The van der Waals surface area contributed by atoms with Crippen molar-refractivity contribution in [1.29, 1.82) is 0 Å². The van der Waals surface area contributed by atoms with E-state index < -0.39 is 24.3 Å². The lowest BCUT2D eigenvalue weighted by Crippen LogP contribution is -2.40. The lowest BCUT2D eigenvalue weighted by atomic mass is 10.0. The molecular weight excluding hydrogens is 1030 g/mol. The second kappa shape index (κ2) is 62.9. The maximum Gasteiger partial charge on any atom is 0.361 e. The van der Waals surface area contributed by atoms with Gasteiger partial charge < -0.3 is 28.5 Å². The predicted octanol–water partition coefficient (Wildman–Crippen LogP) is 20.1. The Kier molecular flexibility index (Phi) is 59.1. The number of hydrogen-bond donors (Lipinski definition) is 1. The first-order chi connectivity index (χ1) is 40.6. The molecule has 0 aromatic rings. The van der Waals surface area contributed by atoms with Gasteiger partial charge in [-0.1, -0.05) is 255 Å². The molecule has 0 bridgehead atoms. The molecule has 0 amide bonds. The molecule has 0 rings (SSSR count). The highest BCUT2D eigenvalue weighted by atomic mass is 16.7. The molecule has 0 saturated carbocycles. The van der Waals surface area contributed by atoms with Crippen LogP contribution < -0.4 is 0 Å². The maximum absolute atomic E-state index is 12.9. The molecule has 9 heteroatoms. The van der Waals surface area contributed by atoms with Crippen LogP contribution in [0.1, 0.15) is 232 Å². The van der Waals surface area contributed by atoms with Crippen LogP contribution in [0.4, 0.5) is 0 Å². The van der Waals surface area contributed by atoms with E-state index in [2.05, 4.69) is 172 Å². The van der Waals surface area contributed by atoms with Gasteiger partial charge in [-0.3, -0.25) is 9.59 Å². The molecule has 83 heavy (non-hydrogen) atoms. The van der Waals surface area contributed by atoms with Crippen molar-refractivity contribution in [2.24, 2.45) is 0 Å². The van der Waals surface area contributed by atoms with Gasteiger partial charge in [-0.2, -0.15) is 0 Å². The Morgan fingerprint density at radius 3 is 0.964 bits per heavy atom. The van der Waals surface area contributed by atoms with Gasteiger partial charge in [0.25, 0.3) is 6.29 Å². The van der Waals surface area contributed by atoms with Gasteiger partial charge in [0.05, 0.1) is 34.4 Å². The van der Waals surface area contributed by atoms with Crippen LogP contribution in [-0.2, 0) is 33.3 Å². The number of carboxylic acids is 1. The van der Waals surface area contributed by atoms with E-state index in [9.17, 15) is 19.5 Å². The summed E-state index contributed by atoms with van der Waals surface area (Å²) in [5, 5.41) is 9.73. The quantitative estimate of drug-likeness (QED) is 0.0211. The van der Waals surface area contributed by atoms with Gasteiger partial charge in [0.2, 0.25) is 0 Å². The van der Waals surface area contributed by atoms with Crippen molar-refractivity contribution in [1.82, 2.24) is 0 Å². The van der Waals surface area contributed by atoms with Gasteiger partial charge in [-0.25, -0.2) is 4.79 Å². The molecule has 9 nitrogen and oxygen atoms in total. The Hall–Kier alpha value is -5.09. The summed E-state index contributed by atoms with van der Waals surface area (Å²) < 4.78 is 22.9. The van der Waals surface area contributed by atoms with Crippen molar-refractivity contribution < 1.29 is 42.9 Å². The average molecular weight is 1150 g/mol. The van der Waals surface area contributed by atoms with Crippen molar-refractivity contribution in [2.45, 2.75) is 245 Å². The first kappa shape index (κ1) is 77.9. The molecule has 0 heterocycles. The molecule has 2 atom stereocenters. The summed E-state index contributed by atoms with van der Waals surface area (Å²) in [6, 6.07) is 0. The number of carbonyl (C=O) groups excluding carboxylic acids is 2. The van der Waals surface area contributed by atoms with Crippen LogP contribution in [0.3, 0.4) is 0 Å². The van der Waals surface area contributed by atoms with E-state index in [1.165, 1.54) is 57.8 Å². The van der Waals surface area contributed by atoms with Crippen LogP contribution >= 0.6 is 0 Å². The van der Waals surface area contributed by atoms with Gasteiger partial charge in [-0.05, 0) is 122 Å². The van der Waals surface area contributed by atoms with E-state index >= 15 is 0 Å². The van der Waals surface area contributed by atoms with Crippen LogP contribution in [-0.4, -0.2) is 87.4 Å². The fourth-order valence-electron chi connectivity index (χ4n) is 8.35. The standard InChI is InChI=1S/C74H119NO8/c1-6-8-10-12-14-16-18-20-22-24-26-28-29-30-31-32-33-34-35-36-37-38-39-40-41-42-43-45-47-49-51-53-55-57-59-61-63-65-72(77)83-70(69-82-74(73(78)79)80-67-66-75(3,4)5)68-81-71(76)64-62-60-58-56-54-52-50-48-46-44-27-25-23-21-19-17-15-13-11-9-7-2/h8-11,14-17,20-23,26-28,30-31,33-34,36-37,39-40,44,48,50,70,74H,6-7,12-13,18-19,24-25,29,32,35,38,41-43,45-47,49,51-69H2,1-5H3/p+1/b10-8-,11-9-,16-14-,17-15-,22-20-,23-21-,28-26-,31-30-,34-33-,37-36-,40-39-,44-27-,50-48-. The second-order valence-electron chi connectivity index (χ2n) is 22.3. The van der Waals surface area contributed by atoms with E-state index in [1.54, 1.807) is 0 Å². The van der Waals surface area contributed by atoms with Crippen molar-refractivity contribution in [2.75, 3.05) is 47.5 Å². The third-order valence-corrected chi connectivity index (χ3v) is 13.3.